The number of benzene rings is 1. The Bertz CT molecular complexity index is 1400. The van der Waals surface area contributed by atoms with Crippen molar-refractivity contribution < 1.29 is 59.1 Å². The van der Waals surface area contributed by atoms with Crippen LogP contribution in [0.15, 0.2) is 29.3 Å². The van der Waals surface area contributed by atoms with E-state index in [-0.39, 0.29) is 37.5 Å². The molecule has 16 N–H and O–H groups in total. The second kappa shape index (κ2) is 21.5. The molecule has 0 bridgehead atoms. The summed E-state index contributed by atoms with van der Waals surface area (Å²) in [6, 6.07) is -3.78. The average Bonchev–Trinajstić information content (AvgIpc) is 3.06. The Kier molecular flexibility index (Phi) is 18.4. The SMILES string of the molecule is CC(C)[C@H](NC(=O)[C@@H](N)CO)C(=O)N[C@@H](Cc1ccc(O)cc1)C(=O)N[C@@H](CC(=O)O)C(=O)N[C@@H](CO)C(=O)N[C@@H](CCCN=C(N)N)C(=O)O. The van der Waals surface area contributed by atoms with Gasteiger partial charge >= 0.3 is 11.9 Å². The second-order valence-electron chi connectivity index (χ2n) is 11.7. The van der Waals surface area contributed by atoms with Gasteiger partial charge in [0.2, 0.25) is 29.5 Å². The Hall–Kier alpha value is -5.54. The Balaban J connectivity index is 3.25. The predicted molar refractivity (Wildman–Crippen MR) is 178 cm³/mol. The third-order valence-corrected chi connectivity index (χ3v) is 7.18. The van der Waals surface area contributed by atoms with E-state index in [9.17, 15) is 59.1 Å². The van der Waals surface area contributed by atoms with Crippen LogP contribution in [0.2, 0.25) is 0 Å². The number of carbonyl (C=O) groups is 7. The van der Waals surface area contributed by atoms with Crippen molar-refractivity contribution >= 4 is 47.4 Å². The van der Waals surface area contributed by atoms with Gasteiger partial charge in [-0.1, -0.05) is 26.0 Å². The third-order valence-electron chi connectivity index (χ3n) is 7.18. The number of phenols is 1. The van der Waals surface area contributed by atoms with Crippen molar-refractivity contribution in [1.82, 2.24) is 26.6 Å². The Morgan fingerprint density at radius 2 is 1.25 bits per heavy atom. The first-order chi connectivity index (χ1) is 23.9. The topological polar surface area (TPSA) is 371 Å². The Labute approximate surface area is 292 Å². The van der Waals surface area contributed by atoms with Crippen LogP contribution in [-0.2, 0) is 40.0 Å². The lowest BCUT2D eigenvalue weighted by Crippen LogP contribution is -2.61. The average molecular weight is 726 g/mol. The lowest BCUT2D eigenvalue weighted by atomic mass is 10.00. The summed E-state index contributed by atoms with van der Waals surface area (Å²) >= 11 is 0. The van der Waals surface area contributed by atoms with Gasteiger partial charge in [-0.25, -0.2) is 4.79 Å². The number of nitrogens with zero attached hydrogens (tertiary/aromatic N) is 1. The summed E-state index contributed by atoms with van der Waals surface area (Å²) in [5, 5.41) is 58.9. The number of aliphatic hydroxyl groups is 2. The van der Waals surface area contributed by atoms with Crippen LogP contribution < -0.4 is 43.8 Å². The molecule has 0 unspecified atom stereocenters. The number of nitrogens with one attached hydrogen (secondary N) is 5. The molecule has 0 saturated heterocycles. The maximum atomic E-state index is 13.6. The molecule has 0 aliphatic heterocycles. The van der Waals surface area contributed by atoms with Crippen molar-refractivity contribution in [2.45, 2.75) is 75.8 Å². The van der Waals surface area contributed by atoms with Crippen LogP contribution in [0.4, 0.5) is 0 Å². The zero-order chi connectivity index (χ0) is 38.8. The first kappa shape index (κ1) is 43.5. The van der Waals surface area contributed by atoms with Gasteiger partial charge in [0.1, 0.15) is 42.0 Å². The lowest BCUT2D eigenvalue weighted by molar-refractivity contribution is -0.143. The molecule has 6 atom stereocenters. The molecule has 0 heterocycles. The molecule has 1 rings (SSSR count). The van der Waals surface area contributed by atoms with Crippen LogP contribution in [0.3, 0.4) is 0 Å². The number of aliphatic carboxylic acids is 2. The van der Waals surface area contributed by atoms with E-state index in [4.69, 9.17) is 17.2 Å². The molecule has 21 heteroatoms. The number of aromatic hydroxyl groups is 1. The van der Waals surface area contributed by atoms with Crippen LogP contribution in [0.1, 0.15) is 38.7 Å². The van der Waals surface area contributed by atoms with E-state index in [1.54, 1.807) is 13.8 Å². The monoisotopic (exact) mass is 725 g/mol. The van der Waals surface area contributed by atoms with E-state index in [0.29, 0.717) is 5.56 Å². The fraction of sp³-hybridized carbons (Fsp3) is 0.533. The zero-order valence-corrected chi connectivity index (χ0v) is 28.1. The van der Waals surface area contributed by atoms with Crippen molar-refractivity contribution in [3.63, 3.8) is 0 Å². The van der Waals surface area contributed by atoms with E-state index in [1.165, 1.54) is 24.3 Å². The summed E-state index contributed by atoms with van der Waals surface area (Å²) < 4.78 is 0. The summed E-state index contributed by atoms with van der Waals surface area (Å²) in [4.78, 5) is 92.3. The number of hydrogen-bond acceptors (Lipinski definition) is 12. The van der Waals surface area contributed by atoms with Gasteiger partial charge in [0.25, 0.3) is 0 Å². The fourth-order valence-corrected chi connectivity index (χ4v) is 4.37. The van der Waals surface area contributed by atoms with Gasteiger partial charge in [0.05, 0.1) is 19.6 Å². The van der Waals surface area contributed by atoms with Crippen LogP contribution in [0, 0.1) is 5.92 Å². The number of aliphatic imine (C=N–C) groups is 1. The number of nitrogens with two attached hydrogens (primary N) is 3. The molecular weight excluding hydrogens is 678 g/mol. The molecular formula is C30H47N9O12. The normalized spacial score (nSPS) is 14.4. The smallest absolute Gasteiger partial charge is 0.326 e. The minimum atomic E-state index is -1.88. The molecule has 21 nitrogen and oxygen atoms in total. The van der Waals surface area contributed by atoms with E-state index in [0.717, 1.165) is 0 Å². The molecule has 0 radical (unpaired) electrons. The largest absolute Gasteiger partial charge is 0.508 e. The van der Waals surface area contributed by atoms with E-state index < -0.39 is 103 Å². The number of guanidine groups is 1. The first-order valence-corrected chi connectivity index (χ1v) is 15.7. The van der Waals surface area contributed by atoms with Gasteiger partial charge in [-0.3, -0.25) is 33.8 Å². The molecule has 0 spiro atoms. The van der Waals surface area contributed by atoms with Crippen molar-refractivity contribution in [3.05, 3.63) is 29.8 Å². The van der Waals surface area contributed by atoms with Crippen molar-refractivity contribution in [3.8, 4) is 5.75 Å². The van der Waals surface area contributed by atoms with Crippen LogP contribution in [0.5, 0.6) is 5.75 Å². The molecule has 1 aromatic carbocycles. The highest BCUT2D eigenvalue weighted by Gasteiger charge is 2.34. The number of phenolic OH excluding ortho intramolecular Hbond substituents is 1. The highest BCUT2D eigenvalue weighted by atomic mass is 16.4. The van der Waals surface area contributed by atoms with Gasteiger partial charge in [-0.05, 0) is 36.5 Å². The number of carbonyl (C=O) groups excluding carboxylic acids is 5. The standard InChI is InChI=1S/C30H47N9O12/c1-14(2)23(39-24(45)17(31)12-40)28(49)37-19(10-15-5-7-16(42)8-6-15)25(46)36-20(11-22(43)44)26(47)38-21(13-41)27(48)35-18(29(50)51)4-3-9-34-30(32)33/h5-8,14,17-21,23,40-42H,3-4,9-13,31H2,1-2H3,(H,35,48)(H,36,46)(H,37,49)(H,38,47)(H,39,45)(H,43,44)(H,50,51)(H4,32,33,34)/t17-,18-,19-,20-,21-,23-/m0/s1. The summed E-state index contributed by atoms with van der Waals surface area (Å²) in [6.45, 7) is 1.45. The molecule has 0 aliphatic rings. The van der Waals surface area contributed by atoms with Gasteiger partial charge < -0.3 is 69.3 Å². The summed E-state index contributed by atoms with van der Waals surface area (Å²) in [6.07, 6.45) is -1.27. The Morgan fingerprint density at radius 1 is 0.725 bits per heavy atom. The van der Waals surface area contributed by atoms with Crippen molar-refractivity contribution in [2.75, 3.05) is 19.8 Å². The number of carboxylic acid groups (broad SMARTS) is 2. The minimum absolute atomic E-state index is 0.0531. The minimum Gasteiger partial charge on any atom is -0.508 e. The summed E-state index contributed by atoms with van der Waals surface area (Å²) in [5.41, 5.74) is 16.4. The highest BCUT2D eigenvalue weighted by Crippen LogP contribution is 2.13. The predicted octanol–water partition coefficient (Wildman–Crippen LogP) is -5.06. The van der Waals surface area contributed by atoms with Gasteiger partial charge in [-0.15, -0.1) is 0 Å². The highest BCUT2D eigenvalue weighted by molar-refractivity contribution is 5.97. The quantitative estimate of drug-likeness (QED) is 0.0302. The first-order valence-electron chi connectivity index (χ1n) is 15.7. The molecule has 0 aromatic heterocycles. The molecule has 0 fully saturated rings. The molecule has 51 heavy (non-hydrogen) atoms. The number of hydrogen-bond donors (Lipinski definition) is 13. The van der Waals surface area contributed by atoms with Gasteiger partial charge in [-0.2, -0.15) is 0 Å². The van der Waals surface area contributed by atoms with Gasteiger partial charge in [0, 0.05) is 13.0 Å². The summed E-state index contributed by atoms with van der Waals surface area (Å²) in [7, 11) is 0. The number of aliphatic hydroxyl groups excluding tert-OH is 2. The summed E-state index contributed by atoms with van der Waals surface area (Å²) in [5.74, 6) is -9.07. The number of rotatable bonds is 22. The number of amides is 5. The molecule has 5 amide bonds. The fourth-order valence-electron chi connectivity index (χ4n) is 4.37. The van der Waals surface area contributed by atoms with E-state index in [2.05, 4.69) is 31.6 Å². The number of carboxylic acids is 2. The molecule has 284 valence electrons. The Morgan fingerprint density at radius 3 is 1.76 bits per heavy atom. The molecule has 0 saturated carbocycles. The lowest BCUT2D eigenvalue weighted by Gasteiger charge is -2.27. The molecule has 0 aliphatic carbocycles. The second-order valence-corrected chi connectivity index (χ2v) is 11.7. The molecule has 1 aromatic rings. The maximum Gasteiger partial charge on any atom is 0.326 e. The van der Waals surface area contributed by atoms with E-state index in [1.807, 2.05) is 0 Å². The third kappa shape index (κ3) is 15.7. The van der Waals surface area contributed by atoms with Gasteiger partial charge in [0.15, 0.2) is 5.96 Å². The van der Waals surface area contributed by atoms with Crippen LogP contribution >= 0.6 is 0 Å². The van der Waals surface area contributed by atoms with E-state index >= 15 is 0 Å². The van der Waals surface area contributed by atoms with Crippen LogP contribution in [-0.4, -0.2) is 129 Å². The maximum absolute atomic E-state index is 13.6. The van der Waals surface area contributed by atoms with Crippen molar-refractivity contribution in [2.24, 2.45) is 28.1 Å². The van der Waals surface area contributed by atoms with Crippen molar-refractivity contribution in [1.29, 1.82) is 0 Å². The van der Waals surface area contributed by atoms with Crippen LogP contribution in [0.25, 0.3) is 0 Å². The zero-order valence-electron chi connectivity index (χ0n) is 28.1.